The van der Waals surface area contributed by atoms with Crippen molar-refractivity contribution < 1.29 is 4.79 Å². The van der Waals surface area contributed by atoms with Crippen LogP contribution in [0.4, 0.5) is 0 Å². The van der Waals surface area contributed by atoms with Crippen LogP contribution >= 0.6 is 11.3 Å². The van der Waals surface area contributed by atoms with Crippen molar-refractivity contribution in [2.45, 2.75) is 39.2 Å². The monoisotopic (exact) mass is 304 g/mol. The Morgan fingerprint density at radius 1 is 1.48 bits per heavy atom. The third-order valence-corrected chi connectivity index (χ3v) is 4.83. The van der Waals surface area contributed by atoms with Gasteiger partial charge in [-0.2, -0.15) is 0 Å². The van der Waals surface area contributed by atoms with Crippen LogP contribution in [0.25, 0.3) is 0 Å². The maximum Gasteiger partial charge on any atom is 0.228 e. The molecule has 1 aliphatic heterocycles. The molecular weight excluding hydrogens is 284 g/mol. The number of nitrogens with zero attached hydrogens (tertiary/aromatic N) is 4. The van der Waals surface area contributed by atoms with E-state index >= 15 is 0 Å². The number of hydrogen-bond donors (Lipinski definition) is 0. The van der Waals surface area contributed by atoms with Crippen LogP contribution in [-0.2, 0) is 11.2 Å². The fraction of sp³-hybridized carbons (Fsp3) is 0.533. The second-order valence-corrected chi connectivity index (χ2v) is 6.61. The van der Waals surface area contributed by atoms with E-state index < -0.39 is 0 Å². The summed E-state index contributed by atoms with van der Waals surface area (Å²) >= 11 is 1.60. The second-order valence-electron chi connectivity index (χ2n) is 5.55. The molecule has 5 nitrogen and oxygen atoms in total. The lowest BCUT2D eigenvalue weighted by molar-refractivity contribution is -0.132. The molecule has 2 aromatic heterocycles. The third-order valence-electron chi connectivity index (χ3n) is 4.00. The van der Waals surface area contributed by atoms with E-state index in [1.807, 2.05) is 36.5 Å². The van der Waals surface area contributed by atoms with Crippen molar-refractivity contribution in [1.29, 1.82) is 0 Å². The van der Waals surface area contributed by atoms with Gasteiger partial charge in [-0.1, -0.05) is 0 Å². The number of rotatable bonds is 3. The van der Waals surface area contributed by atoms with Gasteiger partial charge in [0, 0.05) is 30.9 Å². The summed E-state index contributed by atoms with van der Waals surface area (Å²) in [6.45, 7) is 5.61. The topological polar surface area (TPSA) is 51.0 Å². The van der Waals surface area contributed by atoms with E-state index in [0.717, 1.165) is 42.5 Å². The third kappa shape index (κ3) is 3.15. The summed E-state index contributed by atoms with van der Waals surface area (Å²) in [5, 5.41) is 3.00. The number of amides is 1. The Hall–Kier alpha value is -1.69. The summed E-state index contributed by atoms with van der Waals surface area (Å²) in [6, 6.07) is 0.349. The molecule has 0 N–H and O–H groups in total. The van der Waals surface area contributed by atoms with Crippen LogP contribution in [-0.4, -0.2) is 38.4 Å². The lowest BCUT2D eigenvalue weighted by Crippen LogP contribution is -2.41. The summed E-state index contributed by atoms with van der Waals surface area (Å²) in [5.41, 5.74) is 0.892. The first-order chi connectivity index (χ1) is 10.1. The van der Waals surface area contributed by atoms with Crippen LogP contribution in [0.5, 0.6) is 0 Å². The van der Waals surface area contributed by atoms with Gasteiger partial charge in [0.1, 0.15) is 5.82 Å². The number of aromatic nitrogens is 3. The van der Waals surface area contributed by atoms with Crippen molar-refractivity contribution in [3.05, 3.63) is 34.3 Å². The van der Waals surface area contributed by atoms with E-state index in [0.29, 0.717) is 12.5 Å². The normalized spacial score (nSPS) is 19.0. The van der Waals surface area contributed by atoms with Crippen LogP contribution in [0.3, 0.4) is 0 Å². The molecule has 1 fully saturated rings. The second kappa shape index (κ2) is 5.97. The van der Waals surface area contributed by atoms with Gasteiger partial charge in [-0.25, -0.2) is 9.97 Å². The van der Waals surface area contributed by atoms with Gasteiger partial charge in [-0.3, -0.25) is 4.79 Å². The number of likely N-dealkylation sites (tertiary alicyclic amines) is 1. The Bertz CT molecular complexity index is 633. The first-order valence-electron chi connectivity index (χ1n) is 7.31. The summed E-state index contributed by atoms with van der Waals surface area (Å²) in [7, 11) is 0. The van der Waals surface area contributed by atoms with E-state index in [-0.39, 0.29) is 5.91 Å². The smallest absolute Gasteiger partial charge is 0.228 e. The lowest BCUT2D eigenvalue weighted by atomic mass is 10.0. The van der Waals surface area contributed by atoms with Crippen LogP contribution < -0.4 is 0 Å². The van der Waals surface area contributed by atoms with Crippen LogP contribution in [0, 0.1) is 13.8 Å². The Labute approximate surface area is 128 Å². The van der Waals surface area contributed by atoms with Gasteiger partial charge in [-0.05, 0) is 26.7 Å². The predicted molar refractivity (Wildman–Crippen MR) is 82.4 cm³/mol. The number of aryl methyl sites for hydroxylation is 2. The van der Waals surface area contributed by atoms with Gasteiger partial charge < -0.3 is 9.47 Å². The molecule has 2 aromatic rings. The quantitative estimate of drug-likeness (QED) is 0.874. The molecular formula is C15H20N4OS. The molecule has 0 bridgehead atoms. The number of piperidine rings is 1. The van der Waals surface area contributed by atoms with Gasteiger partial charge in [0.2, 0.25) is 5.91 Å². The standard InChI is InChI=1S/C15H20N4OS/c1-11-16-5-7-19(11)14-4-3-6-18(9-14)15(20)8-13-10-21-12(2)17-13/h5,7,10,14H,3-4,6,8-9H2,1-2H3/t14-/m0/s1. The highest BCUT2D eigenvalue weighted by Crippen LogP contribution is 2.23. The Balaban J connectivity index is 1.65. The Morgan fingerprint density at radius 3 is 3.00 bits per heavy atom. The zero-order valence-corrected chi connectivity index (χ0v) is 13.3. The minimum absolute atomic E-state index is 0.183. The van der Waals surface area contributed by atoms with Gasteiger partial charge in [0.15, 0.2) is 0 Å². The van der Waals surface area contributed by atoms with Gasteiger partial charge in [-0.15, -0.1) is 11.3 Å². The van der Waals surface area contributed by atoms with E-state index in [2.05, 4.69) is 14.5 Å². The zero-order valence-electron chi connectivity index (χ0n) is 12.5. The van der Waals surface area contributed by atoms with Crippen LogP contribution in [0.15, 0.2) is 17.8 Å². The number of carbonyl (C=O) groups is 1. The minimum Gasteiger partial charge on any atom is -0.340 e. The molecule has 112 valence electrons. The molecule has 0 aliphatic carbocycles. The van der Waals surface area contributed by atoms with E-state index in [9.17, 15) is 4.79 Å². The first kappa shape index (κ1) is 14.3. The molecule has 21 heavy (non-hydrogen) atoms. The van der Waals surface area contributed by atoms with Crippen molar-refractivity contribution in [2.75, 3.05) is 13.1 Å². The molecule has 3 heterocycles. The molecule has 1 saturated heterocycles. The molecule has 1 amide bonds. The largest absolute Gasteiger partial charge is 0.340 e. The van der Waals surface area contributed by atoms with Crippen LogP contribution in [0.1, 0.15) is 35.4 Å². The SMILES string of the molecule is Cc1nc(CC(=O)N2CCC[C@H](n3ccnc3C)C2)cs1. The van der Waals surface area contributed by atoms with Crippen molar-refractivity contribution in [3.8, 4) is 0 Å². The average molecular weight is 304 g/mol. The summed E-state index contributed by atoms with van der Waals surface area (Å²) in [5.74, 6) is 1.20. The lowest BCUT2D eigenvalue weighted by Gasteiger charge is -2.34. The highest BCUT2D eigenvalue weighted by atomic mass is 32.1. The predicted octanol–water partition coefficient (Wildman–Crippen LogP) is 2.36. The number of thiazole rings is 1. The molecule has 0 saturated carbocycles. The number of imidazole rings is 1. The van der Waals surface area contributed by atoms with Crippen LogP contribution in [0.2, 0.25) is 0 Å². The fourth-order valence-corrected chi connectivity index (χ4v) is 3.55. The van der Waals surface area contributed by atoms with Crippen molar-refractivity contribution in [2.24, 2.45) is 0 Å². The zero-order chi connectivity index (χ0) is 14.8. The summed E-state index contributed by atoms with van der Waals surface area (Å²) in [6.07, 6.45) is 6.41. The summed E-state index contributed by atoms with van der Waals surface area (Å²) in [4.78, 5) is 23.1. The van der Waals surface area contributed by atoms with Gasteiger partial charge >= 0.3 is 0 Å². The maximum absolute atomic E-state index is 12.4. The first-order valence-corrected chi connectivity index (χ1v) is 8.19. The Morgan fingerprint density at radius 2 is 2.33 bits per heavy atom. The van der Waals surface area contributed by atoms with E-state index in [1.165, 1.54) is 0 Å². The maximum atomic E-state index is 12.4. The number of hydrogen-bond acceptors (Lipinski definition) is 4. The Kier molecular flexibility index (Phi) is 4.05. The molecule has 1 aliphatic rings. The summed E-state index contributed by atoms with van der Waals surface area (Å²) < 4.78 is 2.19. The molecule has 0 spiro atoms. The molecule has 0 unspecified atom stereocenters. The highest BCUT2D eigenvalue weighted by Gasteiger charge is 2.25. The molecule has 0 aromatic carbocycles. The molecule has 3 rings (SSSR count). The minimum atomic E-state index is 0.183. The van der Waals surface area contributed by atoms with E-state index in [1.54, 1.807) is 11.3 Å². The molecule has 1 atom stereocenters. The molecule has 0 radical (unpaired) electrons. The van der Waals surface area contributed by atoms with Crippen molar-refractivity contribution in [1.82, 2.24) is 19.4 Å². The van der Waals surface area contributed by atoms with Gasteiger partial charge in [0.25, 0.3) is 0 Å². The van der Waals surface area contributed by atoms with Gasteiger partial charge in [0.05, 0.1) is 23.2 Å². The average Bonchev–Trinajstić information content (AvgIpc) is 3.07. The van der Waals surface area contributed by atoms with Crippen molar-refractivity contribution in [3.63, 3.8) is 0 Å². The number of carbonyl (C=O) groups excluding carboxylic acids is 1. The highest BCUT2D eigenvalue weighted by molar-refractivity contribution is 7.09. The van der Waals surface area contributed by atoms with E-state index in [4.69, 9.17) is 0 Å². The fourth-order valence-electron chi connectivity index (χ4n) is 2.94. The molecule has 6 heteroatoms. The van der Waals surface area contributed by atoms with Crippen molar-refractivity contribution >= 4 is 17.2 Å².